The van der Waals surface area contributed by atoms with Crippen molar-refractivity contribution in [3.8, 4) is 0 Å². The Balaban J connectivity index is 2.90. The molecule has 0 aliphatic heterocycles. The third kappa shape index (κ3) is 4.10. The molecule has 0 aromatic heterocycles. The van der Waals surface area contributed by atoms with E-state index >= 15 is 0 Å². The van der Waals surface area contributed by atoms with E-state index in [4.69, 9.17) is 9.05 Å². The predicted octanol–water partition coefficient (Wildman–Crippen LogP) is 3.19. The van der Waals surface area contributed by atoms with Gasteiger partial charge < -0.3 is 0 Å². The van der Waals surface area contributed by atoms with Crippen LogP contribution in [0, 0.1) is 10.1 Å². The topological polar surface area (TPSA) is 90.7 Å². The fourth-order valence-corrected chi connectivity index (χ4v) is 2.63. The zero-order valence-electron chi connectivity index (χ0n) is 10.2. The minimum atomic E-state index is -3.46. The summed E-state index contributed by atoms with van der Waals surface area (Å²) in [6.45, 7) is 3.78. The van der Waals surface area contributed by atoms with Gasteiger partial charge in [-0.15, -0.1) is 0 Å². The molecular formula is C10H15N2O5P. The standard InChI is InChI=1S/C10H15N2O5P/c1-3-16-18(15,17-4-2)11-9-6-5-7-10(8-9)12(13)14/h5-8H,3-4H2,1-2H3,(H,11,15). The van der Waals surface area contributed by atoms with Gasteiger partial charge in [0.05, 0.1) is 23.8 Å². The van der Waals surface area contributed by atoms with Crippen molar-refractivity contribution in [2.45, 2.75) is 13.8 Å². The lowest BCUT2D eigenvalue weighted by molar-refractivity contribution is -0.384. The first kappa shape index (κ1) is 14.6. The first-order chi connectivity index (χ1) is 8.50. The molecule has 1 N–H and O–H groups in total. The minimum Gasteiger partial charge on any atom is -0.293 e. The first-order valence-corrected chi connectivity index (χ1v) is 6.97. The molecule has 0 heterocycles. The van der Waals surface area contributed by atoms with Gasteiger partial charge in [-0.3, -0.25) is 24.2 Å². The van der Waals surface area contributed by atoms with E-state index in [1.807, 2.05) is 0 Å². The second-order valence-corrected chi connectivity index (χ2v) is 4.99. The van der Waals surface area contributed by atoms with Crippen LogP contribution in [0.4, 0.5) is 11.4 Å². The van der Waals surface area contributed by atoms with Crippen LogP contribution in [0.1, 0.15) is 13.8 Å². The van der Waals surface area contributed by atoms with E-state index in [0.29, 0.717) is 5.69 Å². The van der Waals surface area contributed by atoms with Crippen LogP contribution in [0.5, 0.6) is 0 Å². The molecule has 1 rings (SSSR count). The van der Waals surface area contributed by atoms with Crippen LogP contribution in [0.15, 0.2) is 24.3 Å². The van der Waals surface area contributed by atoms with Crippen LogP contribution < -0.4 is 5.09 Å². The van der Waals surface area contributed by atoms with Gasteiger partial charge in [-0.2, -0.15) is 0 Å². The number of rotatable bonds is 7. The Bertz CT molecular complexity index is 455. The molecule has 1 aromatic carbocycles. The molecule has 0 bridgehead atoms. The van der Waals surface area contributed by atoms with Gasteiger partial charge in [0.2, 0.25) is 0 Å². The monoisotopic (exact) mass is 274 g/mol. The lowest BCUT2D eigenvalue weighted by atomic mass is 10.3. The maximum absolute atomic E-state index is 12.1. The Morgan fingerprint density at radius 1 is 1.33 bits per heavy atom. The average molecular weight is 274 g/mol. The van der Waals surface area contributed by atoms with Gasteiger partial charge in [0.15, 0.2) is 0 Å². The fourth-order valence-electron chi connectivity index (χ4n) is 1.29. The van der Waals surface area contributed by atoms with E-state index in [1.165, 1.54) is 18.2 Å². The molecule has 0 fully saturated rings. The highest BCUT2D eigenvalue weighted by atomic mass is 31.2. The number of non-ortho nitro benzene ring substituents is 1. The molecule has 8 heteroatoms. The molecule has 0 amide bonds. The summed E-state index contributed by atoms with van der Waals surface area (Å²) in [4.78, 5) is 10.1. The summed E-state index contributed by atoms with van der Waals surface area (Å²) in [5.41, 5.74) is 0.217. The first-order valence-electron chi connectivity index (χ1n) is 5.42. The van der Waals surface area contributed by atoms with E-state index in [2.05, 4.69) is 5.09 Å². The maximum Gasteiger partial charge on any atom is 0.432 e. The summed E-state index contributed by atoms with van der Waals surface area (Å²) in [5.74, 6) is 0. The van der Waals surface area contributed by atoms with E-state index in [-0.39, 0.29) is 18.9 Å². The van der Waals surface area contributed by atoms with Crippen LogP contribution >= 0.6 is 7.75 Å². The van der Waals surface area contributed by atoms with Gasteiger partial charge in [-0.25, -0.2) is 4.57 Å². The summed E-state index contributed by atoms with van der Waals surface area (Å²) in [6, 6.07) is 5.66. The van der Waals surface area contributed by atoms with Gasteiger partial charge in [0, 0.05) is 12.1 Å². The third-order valence-electron chi connectivity index (χ3n) is 1.92. The Hall–Kier alpha value is -1.43. The summed E-state index contributed by atoms with van der Waals surface area (Å²) >= 11 is 0. The molecule has 0 spiro atoms. The van der Waals surface area contributed by atoms with E-state index < -0.39 is 12.7 Å². The number of benzene rings is 1. The zero-order chi connectivity index (χ0) is 13.6. The van der Waals surface area contributed by atoms with Crippen molar-refractivity contribution in [3.05, 3.63) is 34.4 Å². The van der Waals surface area contributed by atoms with E-state index in [1.54, 1.807) is 19.9 Å². The number of nitrogens with zero attached hydrogens (tertiary/aromatic N) is 1. The molecule has 0 saturated heterocycles. The molecule has 0 aliphatic rings. The molecule has 7 nitrogen and oxygen atoms in total. The van der Waals surface area contributed by atoms with Crippen molar-refractivity contribution < 1.29 is 18.5 Å². The van der Waals surface area contributed by atoms with Crippen LogP contribution in [-0.2, 0) is 13.6 Å². The smallest absolute Gasteiger partial charge is 0.293 e. The van der Waals surface area contributed by atoms with Crippen molar-refractivity contribution in [1.29, 1.82) is 0 Å². The molecule has 0 radical (unpaired) electrons. The SMILES string of the molecule is CCOP(=O)(Nc1cccc([N+](=O)[O-])c1)OCC. The highest BCUT2D eigenvalue weighted by molar-refractivity contribution is 7.55. The summed E-state index contributed by atoms with van der Waals surface area (Å²) in [5, 5.41) is 13.2. The number of nitro groups is 1. The van der Waals surface area contributed by atoms with Gasteiger partial charge in [-0.1, -0.05) is 6.07 Å². The highest BCUT2D eigenvalue weighted by Crippen LogP contribution is 2.47. The van der Waals surface area contributed by atoms with Crippen LogP contribution in [-0.4, -0.2) is 18.1 Å². The van der Waals surface area contributed by atoms with Crippen molar-refractivity contribution in [2.75, 3.05) is 18.3 Å². The Labute approximate surface area is 105 Å². The largest absolute Gasteiger partial charge is 0.432 e. The second kappa shape index (κ2) is 6.49. The van der Waals surface area contributed by atoms with Crippen molar-refractivity contribution in [1.82, 2.24) is 0 Å². The Morgan fingerprint density at radius 2 is 1.94 bits per heavy atom. The van der Waals surface area contributed by atoms with Gasteiger partial charge in [-0.05, 0) is 19.9 Å². The average Bonchev–Trinajstić information content (AvgIpc) is 2.29. The van der Waals surface area contributed by atoms with Crippen LogP contribution in [0.3, 0.4) is 0 Å². The van der Waals surface area contributed by atoms with E-state index in [9.17, 15) is 14.7 Å². The fraction of sp³-hybridized carbons (Fsp3) is 0.400. The van der Waals surface area contributed by atoms with Crippen molar-refractivity contribution in [3.63, 3.8) is 0 Å². The Morgan fingerprint density at radius 3 is 2.44 bits per heavy atom. The molecule has 1 aromatic rings. The third-order valence-corrected chi connectivity index (χ3v) is 3.65. The Kier molecular flexibility index (Phi) is 5.27. The molecular weight excluding hydrogens is 259 g/mol. The quantitative estimate of drug-likeness (QED) is 0.466. The van der Waals surface area contributed by atoms with Crippen LogP contribution in [0.2, 0.25) is 0 Å². The summed E-state index contributed by atoms with van der Waals surface area (Å²) in [7, 11) is -3.46. The molecule has 0 aliphatic carbocycles. The van der Waals surface area contributed by atoms with Gasteiger partial charge in [0.1, 0.15) is 0 Å². The van der Waals surface area contributed by atoms with Crippen LogP contribution in [0.25, 0.3) is 0 Å². The number of hydrogen-bond donors (Lipinski definition) is 1. The summed E-state index contributed by atoms with van der Waals surface area (Å²) in [6.07, 6.45) is 0. The zero-order valence-corrected chi connectivity index (χ0v) is 11.1. The highest BCUT2D eigenvalue weighted by Gasteiger charge is 2.24. The second-order valence-electron chi connectivity index (χ2n) is 3.25. The molecule has 0 atom stereocenters. The lowest BCUT2D eigenvalue weighted by Crippen LogP contribution is -2.05. The van der Waals surface area contributed by atoms with E-state index in [0.717, 1.165) is 0 Å². The minimum absolute atomic E-state index is 0.0976. The lowest BCUT2D eigenvalue weighted by Gasteiger charge is -2.18. The number of anilines is 1. The number of nitro benzene ring substituents is 1. The molecule has 0 unspecified atom stereocenters. The summed E-state index contributed by atoms with van der Waals surface area (Å²) < 4.78 is 22.2. The van der Waals surface area contributed by atoms with Crippen molar-refractivity contribution >= 4 is 19.1 Å². The van der Waals surface area contributed by atoms with Gasteiger partial charge >= 0.3 is 7.75 Å². The molecule has 0 saturated carbocycles. The van der Waals surface area contributed by atoms with Crippen molar-refractivity contribution in [2.24, 2.45) is 0 Å². The maximum atomic E-state index is 12.1. The molecule has 100 valence electrons. The molecule has 18 heavy (non-hydrogen) atoms. The number of nitrogens with one attached hydrogen (secondary N) is 1. The predicted molar refractivity (Wildman–Crippen MR) is 67.6 cm³/mol. The van der Waals surface area contributed by atoms with Gasteiger partial charge in [0.25, 0.3) is 5.69 Å². The number of hydrogen-bond acceptors (Lipinski definition) is 5. The normalized spacial score (nSPS) is 11.2.